The predicted octanol–water partition coefficient (Wildman–Crippen LogP) is 3.79. The van der Waals surface area contributed by atoms with Crippen molar-refractivity contribution in [3.8, 4) is 5.75 Å². The smallest absolute Gasteiger partial charge is 0.233 e. The topological polar surface area (TPSA) is 59.8 Å². The number of halogens is 1. The number of carbonyl (C=O) groups excluding carboxylic acids is 1. The second-order valence-electron chi connectivity index (χ2n) is 7.53. The van der Waals surface area contributed by atoms with E-state index >= 15 is 0 Å². The van der Waals surface area contributed by atoms with Crippen molar-refractivity contribution in [2.75, 3.05) is 57.7 Å². The van der Waals surface area contributed by atoms with Gasteiger partial charge in [0.1, 0.15) is 5.75 Å². The van der Waals surface area contributed by atoms with Crippen LogP contribution >= 0.6 is 23.4 Å². The lowest BCUT2D eigenvalue weighted by atomic mass is 10.2. The molecular weight excluding hydrogens is 448 g/mol. The minimum atomic E-state index is 0.132. The standard InChI is InChI=1S/C23H27ClN4O3S/c1-30-14-13-28-21-8-3-17(24)15-20(21)25-23(28)32-16-22(29)27-11-9-26(10-12-27)18-4-6-19(31-2)7-5-18/h3-8,15H,9-14,16H2,1-2H3. The molecular formula is C23H27ClN4O3S. The molecule has 9 heteroatoms. The van der Waals surface area contributed by atoms with Crippen LogP contribution in [-0.4, -0.2) is 73.1 Å². The largest absolute Gasteiger partial charge is 0.497 e. The summed E-state index contributed by atoms with van der Waals surface area (Å²) in [5.74, 6) is 1.33. The number of nitrogens with zero attached hydrogens (tertiary/aromatic N) is 4. The van der Waals surface area contributed by atoms with Gasteiger partial charge in [-0.25, -0.2) is 4.98 Å². The molecule has 170 valence electrons. The third-order valence-electron chi connectivity index (χ3n) is 5.59. The van der Waals surface area contributed by atoms with Gasteiger partial charge < -0.3 is 23.8 Å². The average Bonchev–Trinajstić information content (AvgIpc) is 3.17. The number of rotatable bonds is 8. The molecule has 0 aliphatic carbocycles. The summed E-state index contributed by atoms with van der Waals surface area (Å²) in [5.41, 5.74) is 2.98. The van der Waals surface area contributed by atoms with Gasteiger partial charge in [0.25, 0.3) is 0 Å². The van der Waals surface area contributed by atoms with Crippen molar-refractivity contribution >= 4 is 46.0 Å². The number of carbonyl (C=O) groups is 1. The van der Waals surface area contributed by atoms with Crippen molar-refractivity contribution in [3.05, 3.63) is 47.5 Å². The molecule has 1 aliphatic rings. The van der Waals surface area contributed by atoms with Gasteiger partial charge in [0.15, 0.2) is 5.16 Å². The second kappa shape index (κ2) is 10.5. The van der Waals surface area contributed by atoms with E-state index in [1.54, 1.807) is 14.2 Å². The van der Waals surface area contributed by atoms with Crippen LogP contribution in [0.15, 0.2) is 47.6 Å². The number of thioether (sulfide) groups is 1. The van der Waals surface area contributed by atoms with Crippen molar-refractivity contribution in [1.82, 2.24) is 14.5 Å². The summed E-state index contributed by atoms with van der Waals surface area (Å²) >= 11 is 7.60. The summed E-state index contributed by atoms with van der Waals surface area (Å²) in [4.78, 5) is 21.8. The Morgan fingerprint density at radius 1 is 1.09 bits per heavy atom. The molecule has 0 radical (unpaired) electrons. The van der Waals surface area contributed by atoms with Gasteiger partial charge in [0.05, 0.1) is 30.5 Å². The quantitative estimate of drug-likeness (QED) is 0.463. The van der Waals surface area contributed by atoms with Crippen LogP contribution in [0.5, 0.6) is 5.75 Å². The number of amides is 1. The normalized spacial score (nSPS) is 14.2. The Balaban J connectivity index is 1.36. The fourth-order valence-electron chi connectivity index (χ4n) is 3.81. The number of piperazine rings is 1. The van der Waals surface area contributed by atoms with Crippen molar-refractivity contribution in [2.24, 2.45) is 0 Å². The van der Waals surface area contributed by atoms with E-state index in [1.807, 2.05) is 35.2 Å². The lowest BCUT2D eigenvalue weighted by molar-refractivity contribution is -0.128. The van der Waals surface area contributed by atoms with Gasteiger partial charge in [-0.1, -0.05) is 23.4 Å². The van der Waals surface area contributed by atoms with Gasteiger partial charge >= 0.3 is 0 Å². The van der Waals surface area contributed by atoms with Crippen LogP contribution in [0.2, 0.25) is 5.02 Å². The summed E-state index contributed by atoms with van der Waals surface area (Å²) in [5, 5.41) is 1.46. The van der Waals surface area contributed by atoms with E-state index in [-0.39, 0.29) is 5.91 Å². The third kappa shape index (κ3) is 5.14. The highest BCUT2D eigenvalue weighted by Crippen LogP contribution is 2.27. The molecule has 0 spiro atoms. The molecule has 7 nitrogen and oxygen atoms in total. The first kappa shape index (κ1) is 22.8. The van der Waals surface area contributed by atoms with Gasteiger partial charge in [0.2, 0.25) is 5.91 Å². The van der Waals surface area contributed by atoms with Gasteiger partial charge in [-0.2, -0.15) is 0 Å². The van der Waals surface area contributed by atoms with Crippen LogP contribution in [0.25, 0.3) is 11.0 Å². The van der Waals surface area contributed by atoms with E-state index < -0.39 is 0 Å². The molecule has 1 aromatic heterocycles. The molecule has 0 bridgehead atoms. The molecule has 1 aliphatic heterocycles. The monoisotopic (exact) mass is 474 g/mol. The molecule has 4 rings (SSSR count). The number of benzene rings is 2. The summed E-state index contributed by atoms with van der Waals surface area (Å²) in [7, 11) is 3.34. The average molecular weight is 475 g/mol. The number of aromatic nitrogens is 2. The number of methoxy groups -OCH3 is 2. The number of hydrogen-bond donors (Lipinski definition) is 0. The second-order valence-corrected chi connectivity index (χ2v) is 8.91. The first-order chi connectivity index (χ1) is 15.6. The van der Waals surface area contributed by atoms with E-state index in [0.717, 1.165) is 40.7 Å². The highest BCUT2D eigenvalue weighted by molar-refractivity contribution is 7.99. The Labute approximate surface area is 197 Å². The van der Waals surface area contributed by atoms with Crippen molar-refractivity contribution in [2.45, 2.75) is 11.7 Å². The summed E-state index contributed by atoms with van der Waals surface area (Å²) < 4.78 is 12.6. The SMILES string of the molecule is COCCn1c(SCC(=O)N2CCN(c3ccc(OC)cc3)CC2)nc2cc(Cl)ccc21. The van der Waals surface area contributed by atoms with Crippen LogP contribution in [0.1, 0.15) is 0 Å². The fraction of sp³-hybridized carbons (Fsp3) is 0.391. The maximum absolute atomic E-state index is 12.9. The molecule has 2 heterocycles. The van der Waals surface area contributed by atoms with Crippen molar-refractivity contribution in [1.29, 1.82) is 0 Å². The molecule has 1 amide bonds. The lowest BCUT2D eigenvalue weighted by Gasteiger charge is -2.36. The van der Waals surface area contributed by atoms with E-state index in [2.05, 4.69) is 21.6 Å². The number of anilines is 1. The van der Waals surface area contributed by atoms with E-state index in [4.69, 9.17) is 26.1 Å². The van der Waals surface area contributed by atoms with Gasteiger partial charge in [-0.05, 0) is 42.5 Å². The van der Waals surface area contributed by atoms with Crippen LogP contribution in [0, 0.1) is 0 Å². The molecule has 1 fully saturated rings. The molecule has 2 aromatic carbocycles. The van der Waals surface area contributed by atoms with Gasteiger partial charge in [-0.15, -0.1) is 0 Å². The highest BCUT2D eigenvalue weighted by Gasteiger charge is 2.22. The van der Waals surface area contributed by atoms with E-state index in [9.17, 15) is 4.79 Å². The zero-order valence-corrected chi connectivity index (χ0v) is 19.9. The number of fused-ring (bicyclic) bond motifs is 1. The Morgan fingerprint density at radius 2 is 1.84 bits per heavy atom. The van der Waals surface area contributed by atoms with Crippen LogP contribution < -0.4 is 9.64 Å². The first-order valence-corrected chi connectivity index (χ1v) is 11.9. The van der Waals surface area contributed by atoms with Crippen molar-refractivity contribution < 1.29 is 14.3 Å². The predicted molar refractivity (Wildman–Crippen MR) is 129 cm³/mol. The maximum atomic E-state index is 12.9. The molecule has 0 saturated carbocycles. The summed E-state index contributed by atoms with van der Waals surface area (Å²) in [6.07, 6.45) is 0. The first-order valence-electron chi connectivity index (χ1n) is 10.5. The van der Waals surface area contributed by atoms with E-state index in [0.29, 0.717) is 37.0 Å². The molecule has 32 heavy (non-hydrogen) atoms. The zero-order chi connectivity index (χ0) is 22.5. The third-order valence-corrected chi connectivity index (χ3v) is 6.79. The fourth-order valence-corrected chi connectivity index (χ4v) is 4.92. The number of ether oxygens (including phenoxy) is 2. The van der Waals surface area contributed by atoms with Gasteiger partial charge in [-0.3, -0.25) is 4.79 Å². The molecule has 0 atom stereocenters. The molecule has 1 saturated heterocycles. The molecule has 3 aromatic rings. The number of hydrogen-bond acceptors (Lipinski definition) is 6. The lowest BCUT2D eigenvalue weighted by Crippen LogP contribution is -2.49. The zero-order valence-electron chi connectivity index (χ0n) is 18.3. The van der Waals surface area contributed by atoms with E-state index in [1.165, 1.54) is 11.8 Å². The van der Waals surface area contributed by atoms with Crippen LogP contribution in [-0.2, 0) is 16.1 Å². The number of imidazole rings is 1. The Morgan fingerprint density at radius 3 is 2.53 bits per heavy atom. The van der Waals surface area contributed by atoms with Crippen molar-refractivity contribution in [3.63, 3.8) is 0 Å². The van der Waals surface area contributed by atoms with Crippen LogP contribution in [0.4, 0.5) is 5.69 Å². The Hall–Kier alpha value is -2.42. The van der Waals surface area contributed by atoms with Crippen LogP contribution in [0.3, 0.4) is 0 Å². The molecule has 0 unspecified atom stereocenters. The minimum Gasteiger partial charge on any atom is -0.497 e. The molecule has 0 N–H and O–H groups in total. The Bertz CT molecular complexity index is 1070. The Kier molecular flexibility index (Phi) is 7.44. The highest BCUT2D eigenvalue weighted by atomic mass is 35.5. The summed E-state index contributed by atoms with van der Waals surface area (Å²) in [6.45, 7) is 4.29. The minimum absolute atomic E-state index is 0.132. The van der Waals surface area contributed by atoms with Gasteiger partial charge in [0, 0.05) is 50.5 Å². The maximum Gasteiger partial charge on any atom is 0.233 e. The summed E-state index contributed by atoms with van der Waals surface area (Å²) in [6, 6.07) is 13.7.